The highest BCUT2D eigenvalue weighted by Gasteiger charge is 2.35. The van der Waals surface area contributed by atoms with Crippen molar-refractivity contribution in [2.75, 3.05) is 0 Å². The van der Waals surface area contributed by atoms with Crippen LogP contribution in [0.25, 0.3) is 0 Å². The summed E-state index contributed by atoms with van der Waals surface area (Å²) >= 11 is 0. The molecule has 2 atom stereocenters. The van der Waals surface area contributed by atoms with Gasteiger partial charge in [0, 0.05) is 6.42 Å². The molecule has 2 unspecified atom stereocenters. The van der Waals surface area contributed by atoms with Crippen LogP contribution >= 0.6 is 0 Å². The predicted octanol–water partition coefficient (Wildman–Crippen LogP) is 10.3. The number of hydrogen-bond acceptors (Lipinski definition) is 3. The molecule has 0 spiro atoms. The fourth-order valence-electron chi connectivity index (χ4n) is 6.00. The van der Waals surface area contributed by atoms with Gasteiger partial charge in [-0.1, -0.05) is 132 Å². The first kappa shape index (κ1) is 36.5. The highest BCUT2D eigenvalue weighted by Crippen LogP contribution is 2.28. The summed E-state index contributed by atoms with van der Waals surface area (Å²) in [5, 5.41) is 8.96. The van der Waals surface area contributed by atoms with Gasteiger partial charge < -0.3 is 14.0 Å². The van der Waals surface area contributed by atoms with Gasteiger partial charge in [-0.25, -0.2) is 0 Å². The number of carboxylic acids is 1. The van der Waals surface area contributed by atoms with Crippen molar-refractivity contribution in [3.8, 4) is 0 Å². The highest BCUT2D eigenvalue weighted by molar-refractivity contribution is 6.71. The van der Waals surface area contributed by atoms with E-state index in [1.807, 2.05) is 0 Å². The quantitative estimate of drug-likeness (QED) is 0.0946. The Labute approximate surface area is 259 Å². The zero-order chi connectivity index (χ0) is 30.7. The van der Waals surface area contributed by atoms with Gasteiger partial charge in [0.2, 0.25) is 0 Å². The Morgan fingerprint density at radius 3 is 1.40 bits per heavy atom. The molecule has 0 aliphatic heterocycles. The topological polar surface area (TPSA) is 55.8 Å². The van der Waals surface area contributed by atoms with E-state index >= 15 is 0 Å². The average Bonchev–Trinajstić information content (AvgIpc) is 2.93. The fraction of sp³-hybridized carbons (Fsp3) is 0.639. The molecule has 2 aromatic carbocycles. The minimum atomic E-state index is -2.01. The number of carboxylic acid groups (broad SMARTS) is 1. The molecule has 6 heteroatoms. The standard InChI is InChI=1S/C36H60O4Si2/c1-6-7-8-9-11-20-27-34(39-41(2,3)30-32-23-16-14-17-24-32)35(28-21-12-10-13-22-29-36(37)38)40-42(4,5)31-33-25-18-15-19-26-33/h14-19,23-26,34-35H,6-13,20-22,27-31H2,1-5H3,(H,37,38). The molecule has 0 saturated carbocycles. The summed E-state index contributed by atoms with van der Waals surface area (Å²) in [7, 11) is -4.00. The van der Waals surface area contributed by atoms with Gasteiger partial charge in [-0.15, -0.1) is 0 Å². The maximum absolute atomic E-state index is 10.9. The zero-order valence-corrected chi connectivity index (χ0v) is 29.4. The van der Waals surface area contributed by atoms with Gasteiger partial charge in [0.15, 0.2) is 16.6 Å². The Morgan fingerprint density at radius 1 is 0.619 bits per heavy atom. The van der Waals surface area contributed by atoms with E-state index in [0.717, 1.165) is 57.0 Å². The van der Waals surface area contributed by atoms with Crippen LogP contribution in [0, 0.1) is 0 Å². The van der Waals surface area contributed by atoms with E-state index in [1.54, 1.807) is 0 Å². The fourth-order valence-corrected chi connectivity index (χ4v) is 10.8. The molecule has 236 valence electrons. The van der Waals surface area contributed by atoms with Gasteiger partial charge in [-0.2, -0.15) is 0 Å². The lowest BCUT2D eigenvalue weighted by atomic mass is 9.99. The SMILES string of the molecule is CCCCCCCCC(O[Si](C)(C)Cc1ccccc1)C(CCCCCCCC(=O)O)O[Si](C)(C)Cc1ccccc1. The lowest BCUT2D eigenvalue weighted by Crippen LogP contribution is -2.48. The summed E-state index contributed by atoms with van der Waals surface area (Å²) < 4.78 is 14.4. The van der Waals surface area contributed by atoms with Crippen molar-refractivity contribution in [1.29, 1.82) is 0 Å². The van der Waals surface area contributed by atoms with E-state index < -0.39 is 22.6 Å². The summed E-state index contributed by atoms with van der Waals surface area (Å²) in [4.78, 5) is 10.9. The van der Waals surface area contributed by atoms with Crippen LogP contribution in [0.5, 0.6) is 0 Å². The number of unbranched alkanes of at least 4 members (excludes halogenated alkanes) is 9. The molecule has 0 aliphatic carbocycles. The Hall–Kier alpha value is -1.74. The maximum Gasteiger partial charge on any atom is 0.303 e. The Kier molecular flexibility index (Phi) is 17.6. The largest absolute Gasteiger partial charge is 0.481 e. The van der Waals surface area contributed by atoms with Crippen molar-refractivity contribution in [3.05, 3.63) is 71.8 Å². The normalized spacial score (nSPS) is 13.6. The van der Waals surface area contributed by atoms with E-state index in [4.69, 9.17) is 14.0 Å². The minimum Gasteiger partial charge on any atom is -0.481 e. The third-order valence-electron chi connectivity index (χ3n) is 8.02. The molecule has 1 N–H and O–H groups in total. The zero-order valence-electron chi connectivity index (χ0n) is 27.4. The molecule has 0 fully saturated rings. The van der Waals surface area contributed by atoms with Crippen LogP contribution < -0.4 is 0 Å². The summed E-state index contributed by atoms with van der Waals surface area (Å²) in [6.45, 7) is 11.8. The van der Waals surface area contributed by atoms with Crippen molar-refractivity contribution in [2.24, 2.45) is 0 Å². The number of hydrogen-bond donors (Lipinski definition) is 1. The van der Waals surface area contributed by atoms with Crippen LogP contribution in [0.1, 0.15) is 108 Å². The number of aliphatic carboxylic acids is 1. The van der Waals surface area contributed by atoms with Crippen molar-refractivity contribution in [2.45, 2.75) is 147 Å². The van der Waals surface area contributed by atoms with Crippen LogP contribution in [0.3, 0.4) is 0 Å². The van der Waals surface area contributed by atoms with E-state index in [2.05, 4.69) is 93.8 Å². The van der Waals surface area contributed by atoms with Crippen molar-refractivity contribution in [1.82, 2.24) is 0 Å². The van der Waals surface area contributed by atoms with E-state index in [-0.39, 0.29) is 18.6 Å². The molecule has 2 aromatic rings. The summed E-state index contributed by atoms with van der Waals surface area (Å²) in [6.07, 6.45) is 15.4. The first-order valence-corrected chi connectivity index (χ1v) is 23.0. The van der Waals surface area contributed by atoms with Crippen molar-refractivity contribution < 1.29 is 18.8 Å². The monoisotopic (exact) mass is 612 g/mol. The third kappa shape index (κ3) is 16.8. The van der Waals surface area contributed by atoms with Crippen LogP contribution in [0.2, 0.25) is 26.2 Å². The number of benzene rings is 2. The molecular formula is C36H60O4Si2. The molecule has 0 radical (unpaired) electrons. The van der Waals surface area contributed by atoms with Crippen LogP contribution in [0.4, 0.5) is 0 Å². The average molecular weight is 613 g/mol. The van der Waals surface area contributed by atoms with Crippen molar-refractivity contribution >= 4 is 22.6 Å². The molecule has 0 amide bonds. The smallest absolute Gasteiger partial charge is 0.303 e. The molecule has 4 nitrogen and oxygen atoms in total. The summed E-state index contributed by atoms with van der Waals surface area (Å²) in [6, 6.07) is 23.6. The second-order valence-corrected chi connectivity index (χ2v) is 21.6. The van der Waals surface area contributed by atoms with E-state index in [1.165, 1.54) is 49.7 Å². The Balaban J connectivity index is 2.16. The molecule has 0 aromatic heterocycles. The van der Waals surface area contributed by atoms with Gasteiger partial charge in [0.1, 0.15) is 0 Å². The molecule has 2 rings (SSSR count). The van der Waals surface area contributed by atoms with Gasteiger partial charge in [0.25, 0.3) is 0 Å². The second-order valence-electron chi connectivity index (χ2n) is 13.4. The second kappa shape index (κ2) is 20.3. The lowest BCUT2D eigenvalue weighted by Gasteiger charge is -2.38. The van der Waals surface area contributed by atoms with E-state index in [0.29, 0.717) is 0 Å². The van der Waals surface area contributed by atoms with Gasteiger partial charge >= 0.3 is 5.97 Å². The first-order chi connectivity index (χ1) is 20.1. The molecular weight excluding hydrogens is 553 g/mol. The highest BCUT2D eigenvalue weighted by atomic mass is 28.4. The summed E-state index contributed by atoms with van der Waals surface area (Å²) in [5.41, 5.74) is 2.73. The summed E-state index contributed by atoms with van der Waals surface area (Å²) in [5.74, 6) is -0.689. The van der Waals surface area contributed by atoms with Crippen LogP contribution in [-0.4, -0.2) is 39.9 Å². The maximum atomic E-state index is 10.9. The lowest BCUT2D eigenvalue weighted by molar-refractivity contribution is -0.137. The molecule has 0 bridgehead atoms. The number of rotatable bonds is 24. The molecule has 0 aliphatic rings. The molecule has 0 heterocycles. The van der Waals surface area contributed by atoms with Crippen molar-refractivity contribution in [3.63, 3.8) is 0 Å². The predicted molar refractivity (Wildman–Crippen MR) is 183 cm³/mol. The van der Waals surface area contributed by atoms with Crippen LogP contribution in [0.15, 0.2) is 60.7 Å². The number of carbonyl (C=O) groups is 1. The Morgan fingerprint density at radius 2 is 1.00 bits per heavy atom. The van der Waals surface area contributed by atoms with Crippen LogP contribution in [-0.2, 0) is 25.7 Å². The molecule has 0 saturated heterocycles. The van der Waals surface area contributed by atoms with Gasteiger partial charge in [-0.3, -0.25) is 4.79 Å². The minimum absolute atomic E-state index is 0.104. The third-order valence-corrected chi connectivity index (χ3v) is 12.4. The Bertz CT molecular complexity index is 965. The van der Waals surface area contributed by atoms with E-state index in [9.17, 15) is 4.79 Å². The first-order valence-electron chi connectivity index (χ1n) is 16.8. The van der Waals surface area contributed by atoms with Gasteiger partial charge in [0.05, 0.1) is 12.2 Å². The molecule has 42 heavy (non-hydrogen) atoms. The van der Waals surface area contributed by atoms with Gasteiger partial charge in [-0.05, 0) is 68.7 Å².